The minimum Gasteiger partial charge on any atom is -0.437 e. The summed E-state index contributed by atoms with van der Waals surface area (Å²) >= 11 is 0. The fraction of sp³-hybridized carbons (Fsp3) is 0.235. The summed E-state index contributed by atoms with van der Waals surface area (Å²) < 4.78 is 5.71. The van der Waals surface area contributed by atoms with E-state index in [1.165, 1.54) is 0 Å². The highest BCUT2D eigenvalue weighted by atomic mass is 16.5. The number of amides is 3. The van der Waals surface area contributed by atoms with Crippen molar-refractivity contribution in [3.63, 3.8) is 0 Å². The van der Waals surface area contributed by atoms with E-state index in [1.54, 1.807) is 35.4 Å². The molecule has 3 N–H and O–H groups in total. The van der Waals surface area contributed by atoms with Crippen LogP contribution in [0.15, 0.2) is 48.7 Å². The van der Waals surface area contributed by atoms with Gasteiger partial charge < -0.3 is 20.7 Å². The second kappa shape index (κ2) is 6.99. The van der Waals surface area contributed by atoms with Crippen molar-refractivity contribution < 1.29 is 14.3 Å². The summed E-state index contributed by atoms with van der Waals surface area (Å²) in [5.41, 5.74) is 5.76. The lowest BCUT2D eigenvalue weighted by atomic mass is 10.1. The van der Waals surface area contributed by atoms with Crippen molar-refractivity contribution in [2.45, 2.75) is 6.42 Å². The lowest BCUT2D eigenvalue weighted by Gasteiger charge is -2.18. The molecule has 1 fully saturated rings. The Labute approximate surface area is 139 Å². The molecule has 0 radical (unpaired) electrons. The highest BCUT2D eigenvalue weighted by molar-refractivity contribution is 5.91. The van der Waals surface area contributed by atoms with Crippen LogP contribution in [0.2, 0.25) is 0 Å². The number of carbonyl (C=O) groups is 2. The Morgan fingerprint density at radius 2 is 2.00 bits per heavy atom. The van der Waals surface area contributed by atoms with Crippen LogP contribution in [0.1, 0.15) is 6.42 Å². The number of primary amides is 1. The van der Waals surface area contributed by atoms with Gasteiger partial charge in [-0.15, -0.1) is 0 Å². The maximum absolute atomic E-state index is 12.4. The zero-order valence-corrected chi connectivity index (χ0v) is 13.0. The molecule has 1 aliphatic rings. The number of urea groups is 1. The second-order valence-electron chi connectivity index (χ2n) is 5.54. The average molecular weight is 326 g/mol. The predicted octanol–water partition coefficient (Wildman–Crippen LogP) is 2.21. The number of benzene rings is 1. The molecule has 3 rings (SSSR count). The van der Waals surface area contributed by atoms with Crippen molar-refractivity contribution >= 4 is 17.6 Å². The number of para-hydroxylation sites is 1. The molecular formula is C17H18N4O3. The first kappa shape index (κ1) is 15.8. The smallest absolute Gasteiger partial charge is 0.322 e. The van der Waals surface area contributed by atoms with Crippen molar-refractivity contribution in [3.05, 3.63) is 48.7 Å². The topological polar surface area (TPSA) is 97.6 Å². The Morgan fingerprint density at radius 1 is 1.21 bits per heavy atom. The third kappa shape index (κ3) is 3.62. The molecule has 124 valence electrons. The van der Waals surface area contributed by atoms with E-state index in [9.17, 15) is 9.59 Å². The average Bonchev–Trinajstić information content (AvgIpc) is 3.08. The van der Waals surface area contributed by atoms with E-state index in [2.05, 4.69) is 10.3 Å². The van der Waals surface area contributed by atoms with Crippen LogP contribution in [0.25, 0.3) is 0 Å². The van der Waals surface area contributed by atoms with E-state index in [1.807, 2.05) is 18.2 Å². The lowest BCUT2D eigenvalue weighted by molar-refractivity contribution is -0.121. The van der Waals surface area contributed by atoms with Crippen molar-refractivity contribution in [1.82, 2.24) is 9.88 Å². The monoisotopic (exact) mass is 326 g/mol. The standard InChI is InChI=1S/C17H18N4O3/c18-15(22)12-8-10-21(11-12)17(23)20-14-7-4-9-19-16(14)24-13-5-2-1-3-6-13/h1-7,9,12H,8,10-11H2,(H2,18,22)(H,20,23)/t12-/m1/s1. The maximum atomic E-state index is 12.4. The minimum absolute atomic E-state index is 0.287. The number of likely N-dealkylation sites (tertiary alicyclic amines) is 1. The number of nitrogens with two attached hydrogens (primary N) is 1. The van der Waals surface area contributed by atoms with Gasteiger partial charge in [0.1, 0.15) is 11.4 Å². The van der Waals surface area contributed by atoms with Crippen LogP contribution in [0.4, 0.5) is 10.5 Å². The summed E-state index contributed by atoms with van der Waals surface area (Å²) in [6.45, 7) is 0.824. The van der Waals surface area contributed by atoms with Crippen LogP contribution in [0.3, 0.4) is 0 Å². The SMILES string of the molecule is NC(=O)[C@@H]1CCN(C(=O)Nc2cccnc2Oc2ccccc2)C1. The van der Waals surface area contributed by atoms with Crippen LogP contribution in [-0.2, 0) is 4.79 Å². The van der Waals surface area contributed by atoms with Crippen LogP contribution in [0, 0.1) is 5.92 Å². The van der Waals surface area contributed by atoms with E-state index in [4.69, 9.17) is 10.5 Å². The normalized spacial score (nSPS) is 16.7. The van der Waals surface area contributed by atoms with Crippen LogP contribution >= 0.6 is 0 Å². The fourth-order valence-electron chi connectivity index (χ4n) is 2.54. The lowest BCUT2D eigenvalue weighted by Crippen LogP contribution is -2.35. The summed E-state index contributed by atoms with van der Waals surface area (Å²) in [7, 11) is 0. The predicted molar refractivity (Wildman–Crippen MR) is 88.6 cm³/mol. The highest BCUT2D eigenvalue weighted by Gasteiger charge is 2.30. The number of nitrogens with one attached hydrogen (secondary N) is 1. The Kier molecular flexibility index (Phi) is 4.60. The minimum atomic E-state index is -0.375. The van der Waals surface area contributed by atoms with Crippen molar-refractivity contribution in [3.8, 4) is 11.6 Å². The molecular weight excluding hydrogens is 308 g/mol. The Balaban J connectivity index is 1.69. The molecule has 0 bridgehead atoms. The zero-order valence-electron chi connectivity index (χ0n) is 13.0. The van der Waals surface area contributed by atoms with E-state index in [-0.39, 0.29) is 17.9 Å². The molecule has 0 aliphatic carbocycles. The highest BCUT2D eigenvalue weighted by Crippen LogP contribution is 2.27. The second-order valence-corrected chi connectivity index (χ2v) is 5.54. The number of pyridine rings is 1. The molecule has 0 unspecified atom stereocenters. The number of aromatic nitrogens is 1. The summed E-state index contributed by atoms with van der Waals surface area (Å²) in [4.78, 5) is 29.3. The molecule has 7 nitrogen and oxygen atoms in total. The van der Waals surface area contributed by atoms with Crippen molar-refractivity contribution in [2.75, 3.05) is 18.4 Å². The van der Waals surface area contributed by atoms with Gasteiger partial charge in [-0.2, -0.15) is 0 Å². The molecule has 1 aromatic carbocycles. The van der Waals surface area contributed by atoms with Crippen LogP contribution < -0.4 is 15.8 Å². The number of nitrogens with zero attached hydrogens (tertiary/aromatic N) is 2. The molecule has 7 heteroatoms. The quantitative estimate of drug-likeness (QED) is 0.900. The molecule has 1 atom stereocenters. The fourth-order valence-corrected chi connectivity index (χ4v) is 2.54. The molecule has 0 spiro atoms. The van der Waals surface area contributed by atoms with Gasteiger partial charge in [0.25, 0.3) is 0 Å². The van der Waals surface area contributed by atoms with Crippen LogP contribution in [-0.4, -0.2) is 34.9 Å². The van der Waals surface area contributed by atoms with Gasteiger partial charge in [0.05, 0.1) is 5.92 Å². The molecule has 2 heterocycles. The Hall–Kier alpha value is -3.09. The molecule has 1 saturated heterocycles. The van der Waals surface area contributed by atoms with Gasteiger partial charge in [0.15, 0.2) is 0 Å². The summed E-state index contributed by atoms with van der Waals surface area (Å²) in [6.07, 6.45) is 2.18. The number of rotatable bonds is 4. The number of anilines is 1. The van der Waals surface area contributed by atoms with Gasteiger partial charge in [0, 0.05) is 19.3 Å². The Bertz CT molecular complexity index is 736. The van der Waals surface area contributed by atoms with E-state index in [0.29, 0.717) is 36.8 Å². The van der Waals surface area contributed by atoms with E-state index >= 15 is 0 Å². The first-order valence-corrected chi connectivity index (χ1v) is 7.66. The van der Waals surface area contributed by atoms with E-state index in [0.717, 1.165) is 0 Å². The third-order valence-corrected chi connectivity index (χ3v) is 3.85. The van der Waals surface area contributed by atoms with Crippen molar-refractivity contribution in [1.29, 1.82) is 0 Å². The number of hydrogen-bond donors (Lipinski definition) is 2. The molecule has 2 aromatic rings. The third-order valence-electron chi connectivity index (χ3n) is 3.85. The first-order chi connectivity index (χ1) is 11.6. The van der Waals surface area contributed by atoms with Gasteiger partial charge in [-0.1, -0.05) is 18.2 Å². The van der Waals surface area contributed by atoms with Gasteiger partial charge in [-0.05, 0) is 30.7 Å². The summed E-state index contributed by atoms with van der Waals surface area (Å²) in [6, 6.07) is 12.3. The van der Waals surface area contributed by atoms with Gasteiger partial charge in [-0.3, -0.25) is 4.79 Å². The van der Waals surface area contributed by atoms with Gasteiger partial charge in [0.2, 0.25) is 11.8 Å². The largest absolute Gasteiger partial charge is 0.437 e. The molecule has 1 aliphatic heterocycles. The number of carbonyl (C=O) groups excluding carboxylic acids is 2. The number of ether oxygens (including phenoxy) is 1. The zero-order chi connectivity index (χ0) is 16.9. The van der Waals surface area contributed by atoms with Crippen molar-refractivity contribution in [2.24, 2.45) is 11.7 Å². The summed E-state index contributed by atoms with van der Waals surface area (Å²) in [5, 5.41) is 2.78. The van der Waals surface area contributed by atoms with E-state index < -0.39 is 0 Å². The van der Waals surface area contributed by atoms with Gasteiger partial charge >= 0.3 is 6.03 Å². The maximum Gasteiger partial charge on any atom is 0.322 e. The van der Waals surface area contributed by atoms with Crippen LogP contribution in [0.5, 0.6) is 11.6 Å². The molecule has 24 heavy (non-hydrogen) atoms. The van der Waals surface area contributed by atoms with Gasteiger partial charge in [-0.25, -0.2) is 9.78 Å². The molecule has 0 saturated carbocycles. The Morgan fingerprint density at radius 3 is 2.71 bits per heavy atom. The first-order valence-electron chi connectivity index (χ1n) is 7.66. The molecule has 3 amide bonds. The summed E-state index contributed by atoms with van der Waals surface area (Å²) in [5.74, 6) is 0.272. The molecule has 1 aromatic heterocycles. The number of hydrogen-bond acceptors (Lipinski definition) is 4.